The second-order valence-corrected chi connectivity index (χ2v) is 2.53. The Bertz CT molecular complexity index is 209. The molecule has 0 spiro atoms. The Kier molecular flexibility index (Phi) is 2.24. The van der Waals surface area contributed by atoms with Gasteiger partial charge in [-0.3, -0.25) is 0 Å². The number of hydrogen-bond acceptors (Lipinski definition) is 3. The standard InChI is InChI=1S/C5H3BrN2S/c6-4-1-7-5(3-9)8-2-4/h1-3H. The molecule has 0 aliphatic carbocycles. The molecule has 1 heterocycles. The largest absolute Gasteiger partial charge is 0.235 e. The summed E-state index contributed by atoms with van der Waals surface area (Å²) >= 11 is 7.80. The van der Waals surface area contributed by atoms with Gasteiger partial charge in [0.25, 0.3) is 0 Å². The van der Waals surface area contributed by atoms with E-state index in [1.807, 2.05) is 0 Å². The Morgan fingerprint density at radius 1 is 1.44 bits per heavy atom. The van der Waals surface area contributed by atoms with E-state index in [1.54, 1.807) is 12.4 Å². The summed E-state index contributed by atoms with van der Waals surface area (Å²) < 4.78 is 0.864. The van der Waals surface area contributed by atoms with Crippen LogP contribution < -0.4 is 0 Å². The average Bonchev–Trinajstić information content (AvgIpc) is 1.90. The summed E-state index contributed by atoms with van der Waals surface area (Å²) in [7, 11) is 0. The fourth-order valence-corrected chi connectivity index (χ4v) is 0.710. The Morgan fingerprint density at radius 2 is 2.00 bits per heavy atom. The molecule has 0 fully saturated rings. The van der Waals surface area contributed by atoms with E-state index >= 15 is 0 Å². The molecule has 0 saturated heterocycles. The van der Waals surface area contributed by atoms with Gasteiger partial charge in [0.2, 0.25) is 0 Å². The summed E-state index contributed by atoms with van der Waals surface area (Å²) in [5.74, 6) is 0.577. The van der Waals surface area contributed by atoms with Crippen molar-refractivity contribution in [1.82, 2.24) is 9.97 Å². The topological polar surface area (TPSA) is 25.8 Å². The summed E-state index contributed by atoms with van der Waals surface area (Å²) in [4.78, 5) is 7.76. The van der Waals surface area contributed by atoms with Crippen LogP contribution in [0.15, 0.2) is 16.9 Å². The summed E-state index contributed by atoms with van der Waals surface area (Å²) in [6.45, 7) is 0. The highest BCUT2D eigenvalue weighted by molar-refractivity contribution is 9.10. The van der Waals surface area contributed by atoms with Gasteiger partial charge in [0.1, 0.15) is 0 Å². The van der Waals surface area contributed by atoms with E-state index in [4.69, 9.17) is 0 Å². The number of aromatic nitrogens is 2. The highest BCUT2D eigenvalue weighted by Crippen LogP contribution is 2.02. The molecule has 1 rings (SSSR count). The van der Waals surface area contributed by atoms with Gasteiger partial charge in [0.05, 0.1) is 4.47 Å². The molecule has 0 amide bonds. The predicted molar refractivity (Wildman–Crippen MR) is 42.5 cm³/mol. The van der Waals surface area contributed by atoms with Crippen LogP contribution in [0.2, 0.25) is 0 Å². The van der Waals surface area contributed by atoms with Crippen LogP contribution in [-0.4, -0.2) is 15.3 Å². The van der Waals surface area contributed by atoms with Gasteiger partial charge in [-0.2, -0.15) is 0 Å². The van der Waals surface area contributed by atoms with Crippen molar-refractivity contribution in [3.63, 3.8) is 0 Å². The van der Waals surface area contributed by atoms with Gasteiger partial charge in [-0.15, -0.1) is 0 Å². The van der Waals surface area contributed by atoms with E-state index in [9.17, 15) is 0 Å². The quantitative estimate of drug-likeness (QED) is 0.648. The van der Waals surface area contributed by atoms with Crippen LogP contribution in [-0.2, 0) is 0 Å². The van der Waals surface area contributed by atoms with Gasteiger partial charge in [0, 0.05) is 17.8 Å². The third-order valence-corrected chi connectivity index (χ3v) is 1.37. The number of thiocarbonyl (C=S) groups is 1. The van der Waals surface area contributed by atoms with Crippen LogP contribution in [0.1, 0.15) is 5.82 Å². The summed E-state index contributed by atoms with van der Waals surface area (Å²) in [5.41, 5.74) is 0. The Balaban J connectivity index is 3.01. The predicted octanol–water partition coefficient (Wildman–Crippen LogP) is 1.59. The zero-order valence-electron chi connectivity index (χ0n) is 4.41. The Labute approximate surface area is 66.5 Å². The second kappa shape index (κ2) is 2.98. The SMILES string of the molecule is S=Cc1ncc(Br)cn1. The van der Waals surface area contributed by atoms with E-state index in [0.29, 0.717) is 5.82 Å². The van der Waals surface area contributed by atoms with E-state index < -0.39 is 0 Å². The van der Waals surface area contributed by atoms with Gasteiger partial charge >= 0.3 is 0 Å². The van der Waals surface area contributed by atoms with Crippen molar-refractivity contribution in [2.75, 3.05) is 0 Å². The van der Waals surface area contributed by atoms with E-state index in [1.165, 1.54) is 5.37 Å². The lowest BCUT2D eigenvalue weighted by Gasteiger charge is -1.87. The maximum absolute atomic E-state index is 4.60. The molecular formula is C5H3BrN2S. The lowest BCUT2D eigenvalue weighted by atomic mass is 10.6. The molecule has 2 nitrogen and oxygen atoms in total. The van der Waals surface area contributed by atoms with Gasteiger partial charge in [-0.25, -0.2) is 9.97 Å². The molecule has 9 heavy (non-hydrogen) atoms. The van der Waals surface area contributed by atoms with Crippen LogP contribution in [0.25, 0.3) is 0 Å². The van der Waals surface area contributed by atoms with Crippen molar-refractivity contribution in [3.8, 4) is 0 Å². The minimum atomic E-state index is 0.577. The summed E-state index contributed by atoms with van der Waals surface area (Å²) in [6.07, 6.45) is 3.32. The van der Waals surface area contributed by atoms with Crippen molar-refractivity contribution in [2.24, 2.45) is 0 Å². The maximum Gasteiger partial charge on any atom is 0.162 e. The third kappa shape index (κ3) is 1.80. The molecule has 0 N–H and O–H groups in total. The van der Waals surface area contributed by atoms with Crippen LogP contribution in [0, 0.1) is 0 Å². The zero-order valence-corrected chi connectivity index (χ0v) is 6.82. The first-order valence-corrected chi connectivity index (χ1v) is 3.52. The molecule has 4 heteroatoms. The van der Waals surface area contributed by atoms with E-state index in [0.717, 1.165) is 4.47 Å². The highest BCUT2D eigenvalue weighted by atomic mass is 79.9. The Hall–Kier alpha value is -0.350. The highest BCUT2D eigenvalue weighted by Gasteiger charge is 1.87. The second-order valence-electron chi connectivity index (χ2n) is 1.38. The fourth-order valence-electron chi connectivity index (χ4n) is 0.383. The van der Waals surface area contributed by atoms with Gasteiger partial charge in [0.15, 0.2) is 5.82 Å². The van der Waals surface area contributed by atoms with Gasteiger partial charge in [-0.05, 0) is 15.9 Å². The lowest BCUT2D eigenvalue weighted by Crippen LogP contribution is -1.88. The minimum absolute atomic E-state index is 0.577. The molecular weight excluding hydrogens is 200 g/mol. The first kappa shape index (κ1) is 6.77. The van der Waals surface area contributed by atoms with Crippen LogP contribution in [0.3, 0.4) is 0 Å². The molecule has 0 radical (unpaired) electrons. The van der Waals surface area contributed by atoms with Crippen LogP contribution in [0.5, 0.6) is 0 Å². The fraction of sp³-hybridized carbons (Fsp3) is 0. The van der Waals surface area contributed by atoms with E-state index in [-0.39, 0.29) is 0 Å². The number of halogens is 1. The van der Waals surface area contributed by atoms with Crippen molar-refractivity contribution in [2.45, 2.75) is 0 Å². The molecule has 0 aliphatic heterocycles. The minimum Gasteiger partial charge on any atom is -0.235 e. The van der Waals surface area contributed by atoms with Gasteiger partial charge in [-0.1, -0.05) is 12.2 Å². The third-order valence-electron chi connectivity index (χ3n) is 0.746. The lowest BCUT2D eigenvalue weighted by molar-refractivity contribution is 1.13. The monoisotopic (exact) mass is 202 g/mol. The molecule has 0 aromatic carbocycles. The molecule has 0 unspecified atom stereocenters. The van der Waals surface area contributed by atoms with Crippen molar-refractivity contribution >= 4 is 33.5 Å². The average molecular weight is 203 g/mol. The first-order valence-electron chi connectivity index (χ1n) is 2.25. The molecule has 46 valence electrons. The number of hydrogen-bond donors (Lipinski definition) is 0. The van der Waals surface area contributed by atoms with Gasteiger partial charge < -0.3 is 0 Å². The normalized spacial score (nSPS) is 9.00. The van der Waals surface area contributed by atoms with Crippen molar-refractivity contribution in [3.05, 3.63) is 22.7 Å². The maximum atomic E-state index is 4.60. The first-order chi connectivity index (χ1) is 4.33. The number of rotatable bonds is 1. The van der Waals surface area contributed by atoms with E-state index in [2.05, 4.69) is 38.1 Å². The van der Waals surface area contributed by atoms with Crippen molar-refractivity contribution < 1.29 is 0 Å². The van der Waals surface area contributed by atoms with Crippen LogP contribution in [0.4, 0.5) is 0 Å². The number of nitrogens with zero attached hydrogens (tertiary/aromatic N) is 2. The smallest absolute Gasteiger partial charge is 0.162 e. The summed E-state index contributed by atoms with van der Waals surface area (Å²) in [5, 5.41) is 1.44. The van der Waals surface area contributed by atoms with Crippen LogP contribution >= 0.6 is 28.1 Å². The zero-order chi connectivity index (χ0) is 6.69. The molecule has 1 aromatic rings. The Morgan fingerprint density at radius 3 is 2.44 bits per heavy atom. The molecule has 0 atom stereocenters. The molecule has 1 aromatic heterocycles. The summed E-state index contributed by atoms with van der Waals surface area (Å²) in [6, 6.07) is 0. The molecule has 0 aliphatic rings. The molecule has 0 bridgehead atoms. The molecule has 0 saturated carbocycles. The van der Waals surface area contributed by atoms with Crippen molar-refractivity contribution in [1.29, 1.82) is 0 Å².